The van der Waals surface area contributed by atoms with Crippen LogP contribution >= 0.6 is 0 Å². The highest BCUT2D eigenvalue weighted by molar-refractivity contribution is 5.73. The molecule has 16 heavy (non-hydrogen) atoms. The Morgan fingerprint density at radius 2 is 0.750 bits per heavy atom. The zero-order chi connectivity index (χ0) is 6.08. The van der Waals surface area contributed by atoms with Crippen molar-refractivity contribution >= 4 is 5.97 Å². The predicted octanol–water partition coefficient (Wildman–Crippen LogP) is -6.79. The fraction of sp³-hybridized carbons (Fsp3) is 0.500. The SMILES string of the molecule is O.O.O.O.O.O.O.O.O.O=C(O)C(F)(F)F. The second kappa shape index (κ2) is 37.1. The summed E-state index contributed by atoms with van der Waals surface area (Å²) in [5.74, 6) is -2.76. The summed E-state index contributed by atoms with van der Waals surface area (Å²) >= 11 is 0. The van der Waals surface area contributed by atoms with Gasteiger partial charge in [0.25, 0.3) is 0 Å². The molecule has 0 spiro atoms. The van der Waals surface area contributed by atoms with Crippen molar-refractivity contribution in [3.05, 3.63) is 0 Å². The van der Waals surface area contributed by atoms with Crippen LogP contribution in [0.3, 0.4) is 0 Å². The Balaban J connectivity index is -0.00000000500. The van der Waals surface area contributed by atoms with E-state index in [9.17, 15) is 13.2 Å². The Labute approximate surface area is 85.9 Å². The summed E-state index contributed by atoms with van der Waals surface area (Å²) in [6, 6.07) is 0. The molecule has 0 fully saturated rings. The van der Waals surface area contributed by atoms with Gasteiger partial charge in [0, 0.05) is 0 Å². The van der Waals surface area contributed by atoms with Crippen LogP contribution in [0.4, 0.5) is 13.2 Å². The Hall–Kier alpha value is -1.10. The summed E-state index contributed by atoms with van der Waals surface area (Å²) in [5.41, 5.74) is 0. The molecule has 0 unspecified atom stereocenters. The third-order valence-corrected chi connectivity index (χ3v) is 0.243. The van der Waals surface area contributed by atoms with Gasteiger partial charge < -0.3 is 54.4 Å². The van der Waals surface area contributed by atoms with E-state index in [2.05, 4.69) is 0 Å². The quantitative estimate of drug-likeness (QED) is 0.450. The van der Waals surface area contributed by atoms with E-state index >= 15 is 0 Å². The third-order valence-electron chi connectivity index (χ3n) is 0.243. The highest BCUT2D eigenvalue weighted by atomic mass is 19.4. The van der Waals surface area contributed by atoms with Crippen LogP contribution in [0.1, 0.15) is 0 Å². The largest absolute Gasteiger partial charge is 0.490 e. The molecule has 0 aromatic carbocycles. The van der Waals surface area contributed by atoms with Crippen molar-refractivity contribution in [3.8, 4) is 0 Å². The lowest BCUT2D eigenvalue weighted by Crippen LogP contribution is -2.21. The van der Waals surface area contributed by atoms with Gasteiger partial charge in [-0.25, -0.2) is 4.79 Å². The molecule has 0 rings (SSSR count). The first kappa shape index (κ1) is 120. The lowest BCUT2D eigenvalue weighted by molar-refractivity contribution is -0.192. The van der Waals surface area contributed by atoms with Crippen molar-refractivity contribution in [2.45, 2.75) is 6.18 Å². The molecule has 0 aliphatic heterocycles. The van der Waals surface area contributed by atoms with Gasteiger partial charge in [0.05, 0.1) is 0 Å². The fourth-order valence-electron chi connectivity index (χ4n) is 0. The second-order valence-corrected chi connectivity index (χ2v) is 0.803. The van der Waals surface area contributed by atoms with Gasteiger partial charge in [-0.05, 0) is 0 Å². The molecule has 0 aliphatic carbocycles. The van der Waals surface area contributed by atoms with Crippen molar-refractivity contribution in [3.63, 3.8) is 0 Å². The molecule has 11 nitrogen and oxygen atoms in total. The lowest BCUT2D eigenvalue weighted by atomic mass is 10.7. The molecule has 0 heterocycles. The van der Waals surface area contributed by atoms with Crippen LogP contribution in [0, 0.1) is 0 Å². The number of carboxylic acid groups (broad SMARTS) is 1. The van der Waals surface area contributed by atoms with Gasteiger partial charge in [0.15, 0.2) is 0 Å². The maximum atomic E-state index is 10.6. The molecule has 0 saturated heterocycles. The van der Waals surface area contributed by atoms with Crippen LogP contribution in [0.2, 0.25) is 0 Å². The Bertz CT molecular complexity index is 91.7. The number of halogens is 3. The van der Waals surface area contributed by atoms with E-state index in [1.54, 1.807) is 0 Å². The molecular formula is C2H19F3O11. The zero-order valence-corrected chi connectivity index (χ0v) is 7.49. The van der Waals surface area contributed by atoms with Crippen molar-refractivity contribution in [2.75, 3.05) is 0 Å². The number of alkyl halides is 3. The number of hydrogen-bond acceptors (Lipinski definition) is 1. The maximum absolute atomic E-state index is 10.6. The first-order valence-electron chi connectivity index (χ1n) is 1.24. The summed E-state index contributed by atoms with van der Waals surface area (Å²) in [6.07, 6.45) is -5.08. The van der Waals surface area contributed by atoms with Crippen molar-refractivity contribution in [1.29, 1.82) is 0 Å². The van der Waals surface area contributed by atoms with Gasteiger partial charge in [0.1, 0.15) is 0 Å². The van der Waals surface area contributed by atoms with E-state index < -0.39 is 12.1 Å². The molecule has 14 heteroatoms. The maximum Gasteiger partial charge on any atom is 0.490 e. The Kier molecular flexibility index (Phi) is 278. The number of carboxylic acids is 1. The molecule has 0 aromatic rings. The summed E-state index contributed by atoms with van der Waals surface area (Å²) in [5, 5.41) is 7.12. The van der Waals surface area contributed by atoms with Crippen LogP contribution in [0.15, 0.2) is 0 Å². The molecule has 0 aromatic heterocycles. The first-order chi connectivity index (χ1) is 2.94. The lowest BCUT2D eigenvalue weighted by Gasteiger charge is -1.93. The van der Waals surface area contributed by atoms with Gasteiger partial charge in [-0.2, -0.15) is 13.2 Å². The monoisotopic (exact) mass is 276 g/mol. The smallest absolute Gasteiger partial charge is 0.475 e. The molecule has 0 bridgehead atoms. The number of rotatable bonds is 0. The summed E-state index contributed by atoms with van der Waals surface area (Å²) in [7, 11) is 0. The molecule has 0 saturated carbocycles. The number of hydrogen-bond donors (Lipinski definition) is 1. The fourth-order valence-corrected chi connectivity index (χ4v) is 0. The second-order valence-electron chi connectivity index (χ2n) is 0.803. The van der Waals surface area contributed by atoms with E-state index in [0.717, 1.165) is 0 Å². The minimum absolute atomic E-state index is 0. The molecule has 0 aliphatic rings. The minimum Gasteiger partial charge on any atom is -0.475 e. The highest BCUT2D eigenvalue weighted by Crippen LogP contribution is 2.13. The highest BCUT2D eigenvalue weighted by Gasteiger charge is 2.38. The van der Waals surface area contributed by atoms with E-state index in [1.165, 1.54) is 0 Å². The number of carbonyl (C=O) groups is 1. The summed E-state index contributed by atoms with van der Waals surface area (Å²) in [4.78, 5) is 8.90. The average molecular weight is 276 g/mol. The van der Waals surface area contributed by atoms with Crippen LogP contribution in [-0.4, -0.2) is 66.5 Å². The van der Waals surface area contributed by atoms with Crippen molar-refractivity contribution in [2.24, 2.45) is 0 Å². The van der Waals surface area contributed by atoms with Crippen molar-refractivity contribution in [1.82, 2.24) is 0 Å². The van der Waals surface area contributed by atoms with Crippen LogP contribution in [-0.2, 0) is 4.79 Å². The summed E-state index contributed by atoms with van der Waals surface area (Å²) in [6.45, 7) is 0. The standard InChI is InChI=1S/C2HF3O2.9H2O/c3-2(4,5)1(6)7;;;;;;;;;/h(H,6,7);9*1H2. The van der Waals surface area contributed by atoms with E-state index in [-0.39, 0.29) is 49.3 Å². The van der Waals surface area contributed by atoms with Crippen LogP contribution < -0.4 is 0 Å². The number of aliphatic carboxylic acids is 1. The first-order valence-corrected chi connectivity index (χ1v) is 1.24. The summed E-state index contributed by atoms with van der Waals surface area (Å²) < 4.78 is 31.7. The normalized spacial score (nSPS) is 4.94. The van der Waals surface area contributed by atoms with E-state index in [0.29, 0.717) is 0 Å². The van der Waals surface area contributed by atoms with Crippen LogP contribution in [0.25, 0.3) is 0 Å². The minimum atomic E-state index is -5.08. The van der Waals surface area contributed by atoms with Gasteiger partial charge in [0.2, 0.25) is 0 Å². The molecule has 0 radical (unpaired) electrons. The van der Waals surface area contributed by atoms with Crippen molar-refractivity contribution < 1.29 is 72.4 Å². The van der Waals surface area contributed by atoms with E-state index in [1.807, 2.05) is 0 Å². The van der Waals surface area contributed by atoms with Gasteiger partial charge >= 0.3 is 12.1 Å². The molecule has 0 amide bonds. The molecule has 0 atom stereocenters. The van der Waals surface area contributed by atoms with Gasteiger partial charge in [-0.15, -0.1) is 0 Å². The van der Waals surface area contributed by atoms with E-state index in [4.69, 9.17) is 9.90 Å². The van der Waals surface area contributed by atoms with Gasteiger partial charge in [-0.1, -0.05) is 0 Å². The Morgan fingerprint density at radius 1 is 0.688 bits per heavy atom. The Morgan fingerprint density at radius 3 is 0.750 bits per heavy atom. The molecule has 19 N–H and O–H groups in total. The molecule has 114 valence electrons. The predicted molar refractivity (Wildman–Crippen MR) is 46.2 cm³/mol. The topological polar surface area (TPSA) is 321 Å². The average Bonchev–Trinajstić information content (AvgIpc) is 1.31. The third kappa shape index (κ3) is 76.1. The zero-order valence-electron chi connectivity index (χ0n) is 7.49. The molecular weight excluding hydrogens is 257 g/mol. The van der Waals surface area contributed by atoms with Gasteiger partial charge in [-0.3, -0.25) is 0 Å². The van der Waals surface area contributed by atoms with Crippen LogP contribution in [0.5, 0.6) is 0 Å².